The first-order chi connectivity index (χ1) is 14.6. The zero-order chi connectivity index (χ0) is 22.8. The van der Waals surface area contributed by atoms with Crippen molar-refractivity contribution in [1.29, 1.82) is 0 Å². The maximum absolute atomic E-state index is 13.7. The molecule has 0 saturated carbocycles. The Kier molecular flexibility index (Phi) is 6.93. The van der Waals surface area contributed by atoms with E-state index in [1.165, 1.54) is 4.90 Å². The molecule has 3 rings (SSSR count). The highest BCUT2D eigenvalue weighted by atomic mass is 127. The first-order valence-electron chi connectivity index (χ1n) is 9.50. The number of benzene rings is 2. The Labute approximate surface area is 193 Å². The summed E-state index contributed by atoms with van der Waals surface area (Å²) in [4.78, 5) is 11.3. The van der Waals surface area contributed by atoms with Crippen LogP contribution in [0.5, 0.6) is 5.75 Å². The fourth-order valence-electron chi connectivity index (χ4n) is 2.90. The fourth-order valence-corrected chi connectivity index (χ4v) is 3.26. The predicted molar refractivity (Wildman–Crippen MR) is 125 cm³/mol. The van der Waals surface area contributed by atoms with Crippen molar-refractivity contribution in [3.63, 3.8) is 0 Å². The zero-order valence-electron chi connectivity index (χ0n) is 17.5. The Morgan fingerprint density at radius 3 is 2.00 bits per heavy atom. The van der Waals surface area contributed by atoms with Gasteiger partial charge in [-0.15, -0.1) is 0 Å². The molecule has 2 aromatic carbocycles. The molecule has 0 aliphatic carbocycles. The lowest BCUT2D eigenvalue weighted by molar-refractivity contribution is -0.137. The van der Waals surface area contributed by atoms with Gasteiger partial charge in [-0.05, 0) is 85.0 Å². The number of rotatable bonds is 6. The summed E-state index contributed by atoms with van der Waals surface area (Å²) < 4.78 is 47.6. The van der Waals surface area contributed by atoms with Crippen molar-refractivity contribution >= 4 is 45.7 Å². The van der Waals surface area contributed by atoms with E-state index in [1.54, 1.807) is 55.4 Å². The van der Waals surface area contributed by atoms with Gasteiger partial charge in [-0.3, -0.25) is 0 Å². The minimum absolute atomic E-state index is 0.0428. The minimum atomic E-state index is -4.58. The molecule has 0 spiro atoms. The van der Waals surface area contributed by atoms with Gasteiger partial charge in [-0.25, -0.2) is 4.98 Å². The van der Waals surface area contributed by atoms with E-state index >= 15 is 0 Å². The second-order valence-corrected chi connectivity index (χ2v) is 8.41. The van der Waals surface area contributed by atoms with Gasteiger partial charge >= 0.3 is 6.18 Å². The summed E-state index contributed by atoms with van der Waals surface area (Å²) >= 11 is 2.14. The molecule has 31 heavy (non-hydrogen) atoms. The van der Waals surface area contributed by atoms with Gasteiger partial charge in [0.05, 0.1) is 6.10 Å². The SMILES string of the molecule is CC(C)Oc1ccc(N(C)c2ncc(C(F)(F)F)c(N(C)c3ccc(I)cc3)n2)cc1. The molecule has 9 heteroatoms. The Hall–Kier alpha value is -2.56. The monoisotopic (exact) mass is 542 g/mol. The van der Waals surface area contributed by atoms with Crippen LogP contribution in [-0.4, -0.2) is 30.2 Å². The summed E-state index contributed by atoms with van der Waals surface area (Å²) in [7, 11) is 3.26. The van der Waals surface area contributed by atoms with Crippen molar-refractivity contribution in [2.75, 3.05) is 23.9 Å². The van der Waals surface area contributed by atoms with E-state index < -0.39 is 11.7 Å². The van der Waals surface area contributed by atoms with Gasteiger partial charge in [-0.1, -0.05) is 0 Å². The van der Waals surface area contributed by atoms with Gasteiger partial charge in [0.2, 0.25) is 5.95 Å². The Morgan fingerprint density at radius 1 is 0.903 bits per heavy atom. The molecule has 0 radical (unpaired) electrons. The second kappa shape index (κ2) is 9.29. The van der Waals surface area contributed by atoms with Gasteiger partial charge in [0, 0.05) is 35.2 Å². The number of nitrogens with zero attached hydrogens (tertiary/aromatic N) is 4. The third kappa shape index (κ3) is 5.57. The van der Waals surface area contributed by atoms with Gasteiger partial charge in [-0.2, -0.15) is 18.2 Å². The van der Waals surface area contributed by atoms with E-state index in [0.29, 0.717) is 11.4 Å². The summed E-state index contributed by atoms with van der Waals surface area (Å²) in [6, 6.07) is 14.4. The minimum Gasteiger partial charge on any atom is -0.491 e. The number of aromatic nitrogens is 2. The number of ether oxygens (including phenoxy) is 1. The molecule has 0 bridgehead atoms. The van der Waals surface area contributed by atoms with E-state index in [2.05, 4.69) is 32.6 Å². The summed E-state index contributed by atoms with van der Waals surface area (Å²) in [5.74, 6) is 0.642. The van der Waals surface area contributed by atoms with Crippen LogP contribution < -0.4 is 14.5 Å². The molecule has 5 nitrogen and oxygen atoms in total. The van der Waals surface area contributed by atoms with Crippen molar-refractivity contribution in [3.05, 3.63) is 63.9 Å². The van der Waals surface area contributed by atoms with Gasteiger partial charge in [0.15, 0.2) is 5.82 Å². The highest BCUT2D eigenvalue weighted by molar-refractivity contribution is 14.1. The van der Waals surface area contributed by atoms with E-state index in [-0.39, 0.29) is 17.9 Å². The van der Waals surface area contributed by atoms with Gasteiger partial charge in [0.25, 0.3) is 0 Å². The Morgan fingerprint density at radius 2 is 1.45 bits per heavy atom. The Bertz CT molecular complexity index is 1020. The molecule has 164 valence electrons. The average molecular weight is 542 g/mol. The third-order valence-corrected chi connectivity index (χ3v) is 5.21. The highest BCUT2D eigenvalue weighted by Crippen LogP contribution is 2.38. The molecule has 0 amide bonds. The van der Waals surface area contributed by atoms with Crippen LogP contribution in [0.1, 0.15) is 19.4 Å². The van der Waals surface area contributed by atoms with E-state index in [9.17, 15) is 13.2 Å². The lowest BCUT2D eigenvalue weighted by atomic mass is 10.2. The second-order valence-electron chi connectivity index (χ2n) is 7.16. The fraction of sp³-hybridized carbons (Fsp3) is 0.273. The molecule has 0 aliphatic heterocycles. The standard InChI is InChI=1S/C22H22F3IN4O/c1-14(2)31-18-11-9-17(10-12-18)30(4)21-27-13-19(22(23,24)25)20(28-21)29(3)16-7-5-15(26)6-8-16/h5-14H,1-4H3. The molecule has 0 unspecified atom stereocenters. The summed E-state index contributed by atoms with van der Waals surface area (Å²) in [6.07, 6.45) is -3.71. The highest BCUT2D eigenvalue weighted by Gasteiger charge is 2.37. The van der Waals surface area contributed by atoms with Crippen molar-refractivity contribution < 1.29 is 17.9 Å². The van der Waals surface area contributed by atoms with Crippen molar-refractivity contribution in [2.45, 2.75) is 26.1 Å². The summed E-state index contributed by atoms with van der Waals surface area (Å²) in [5, 5.41) is 0. The topological polar surface area (TPSA) is 41.5 Å². The predicted octanol–water partition coefficient (Wildman–Crippen LogP) is 6.42. The lowest BCUT2D eigenvalue weighted by Crippen LogP contribution is -2.21. The summed E-state index contributed by atoms with van der Waals surface area (Å²) in [6.45, 7) is 3.86. The normalized spacial score (nSPS) is 11.5. The average Bonchev–Trinajstić information content (AvgIpc) is 2.72. The molecular weight excluding hydrogens is 520 g/mol. The molecule has 3 aromatic rings. The van der Waals surface area contributed by atoms with Gasteiger partial charge in [0.1, 0.15) is 11.3 Å². The van der Waals surface area contributed by atoms with E-state index in [4.69, 9.17) is 4.74 Å². The van der Waals surface area contributed by atoms with E-state index in [0.717, 1.165) is 15.5 Å². The number of hydrogen-bond donors (Lipinski definition) is 0. The van der Waals surface area contributed by atoms with E-state index in [1.807, 2.05) is 26.0 Å². The van der Waals surface area contributed by atoms with Crippen LogP contribution in [0.15, 0.2) is 54.7 Å². The van der Waals surface area contributed by atoms with Crippen molar-refractivity contribution in [3.8, 4) is 5.75 Å². The van der Waals surface area contributed by atoms with Crippen LogP contribution in [0, 0.1) is 3.57 Å². The smallest absolute Gasteiger partial charge is 0.421 e. The molecule has 0 fully saturated rings. The van der Waals surface area contributed by atoms with Crippen LogP contribution in [0.4, 0.5) is 36.3 Å². The molecule has 0 N–H and O–H groups in total. The number of alkyl halides is 3. The molecule has 1 heterocycles. The lowest BCUT2D eigenvalue weighted by Gasteiger charge is -2.25. The number of anilines is 4. The molecule has 1 aromatic heterocycles. The van der Waals surface area contributed by atoms with Crippen LogP contribution in [0.25, 0.3) is 0 Å². The third-order valence-electron chi connectivity index (χ3n) is 4.49. The van der Waals surface area contributed by atoms with Crippen LogP contribution in [-0.2, 0) is 6.18 Å². The van der Waals surface area contributed by atoms with Crippen molar-refractivity contribution in [2.24, 2.45) is 0 Å². The van der Waals surface area contributed by atoms with Crippen molar-refractivity contribution in [1.82, 2.24) is 9.97 Å². The quantitative estimate of drug-likeness (QED) is 0.337. The first-order valence-corrected chi connectivity index (χ1v) is 10.6. The number of hydrogen-bond acceptors (Lipinski definition) is 5. The molecule has 0 atom stereocenters. The van der Waals surface area contributed by atoms with Crippen LogP contribution >= 0.6 is 22.6 Å². The van der Waals surface area contributed by atoms with Crippen LogP contribution in [0.2, 0.25) is 0 Å². The Balaban J connectivity index is 1.98. The largest absolute Gasteiger partial charge is 0.491 e. The zero-order valence-corrected chi connectivity index (χ0v) is 19.6. The summed E-state index contributed by atoms with van der Waals surface area (Å²) in [5.41, 5.74) is 0.415. The number of halogens is 4. The van der Waals surface area contributed by atoms with Gasteiger partial charge < -0.3 is 14.5 Å². The molecule has 0 aliphatic rings. The maximum atomic E-state index is 13.7. The maximum Gasteiger partial charge on any atom is 0.421 e. The first kappa shape index (κ1) is 23.1. The van der Waals surface area contributed by atoms with Crippen LogP contribution in [0.3, 0.4) is 0 Å². The molecular formula is C22H22F3IN4O. The molecule has 0 saturated heterocycles.